The Bertz CT molecular complexity index is 330. The van der Waals surface area contributed by atoms with Gasteiger partial charge in [-0.15, -0.1) is 0 Å². The van der Waals surface area contributed by atoms with Gasteiger partial charge < -0.3 is 21.7 Å². The van der Waals surface area contributed by atoms with Gasteiger partial charge in [0.15, 0.2) is 0 Å². The molecule has 128 valence electrons. The highest BCUT2D eigenvalue weighted by atomic mass is 16.2. The number of nitrogens with one attached hydrogen (secondary N) is 1. The van der Waals surface area contributed by atoms with Gasteiger partial charge in [-0.05, 0) is 58.0 Å². The van der Waals surface area contributed by atoms with E-state index >= 15 is 0 Å². The van der Waals surface area contributed by atoms with Crippen LogP contribution in [0.15, 0.2) is 0 Å². The highest BCUT2D eigenvalue weighted by molar-refractivity contribution is 5.87. The summed E-state index contributed by atoms with van der Waals surface area (Å²) in [5, 5.41) is 2.93. The predicted octanol–water partition coefficient (Wildman–Crippen LogP) is 0.742. The second-order valence-electron chi connectivity index (χ2n) is 6.04. The molecule has 2 amide bonds. The number of hydrogen-bond donors (Lipinski definition) is 3. The number of unbranched alkanes of at least 4 members (excludes halogenated alkanes) is 3. The van der Waals surface area contributed by atoms with Crippen molar-refractivity contribution in [1.82, 2.24) is 10.2 Å². The van der Waals surface area contributed by atoms with Crippen LogP contribution < -0.4 is 16.8 Å². The summed E-state index contributed by atoms with van der Waals surface area (Å²) >= 11 is 0. The van der Waals surface area contributed by atoms with Crippen LogP contribution in [-0.4, -0.2) is 48.9 Å². The number of amides is 2. The molecule has 0 unspecified atom stereocenters. The number of nitrogens with two attached hydrogens (primary N) is 2. The molecule has 1 saturated heterocycles. The molecule has 0 bridgehead atoms. The topological polar surface area (TPSA) is 101 Å². The van der Waals surface area contributed by atoms with Crippen LogP contribution in [0.3, 0.4) is 0 Å². The molecule has 0 aromatic carbocycles. The summed E-state index contributed by atoms with van der Waals surface area (Å²) in [7, 11) is 0. The van der Waals surface area contributed by atoms with Crippen LogP contribution in [0.1, 0.15) is 57.8 Å². The lowest BCUT2D eigenvalue weighted by Gasteiger charge is -2.24. The molecule has 1 fully saturated rings. The maximum absolute atomic E-state index is 12.5. The Morgan fingerprint density at radius 3 is 2.23 bits per heavy atom. The molecule has 0 saturated carbocycles. The minimum atomic E-state index is -0.383. The molecule has 5 N–H and O–H groups in total. The Hall–Kier alpha value is -1.14. The number of hydrogen-bond acceptors (Lipinski definition) is 4. The summed E-state index contributed by atoms with van der Waals surface area (Å²) in [6.45, 7) is 2.92. The lowest BCUT2D eigenvalue weighted by Crippen LogP contribution is -2.47. The van der Waals surface area contributed by atoms with Gasteiger partial charge in [0.2, 0.25) is 11.8 Å². The van der Waals surface area contributed by atoms with E-state index in [0.29, 0.717) is 25.9 Å². The highest BCUT2D eigenvalue weighted by Crippen LogP contribution is 2.12. The van der Waals surface area contributed by atoms with Crippen LogP contribution in [0.2, 0.25) is 0 Å². The van der Waals surface area contributed by atoms with E-state index in [2.05, 4.69) is 5.32 Å². The monoisotopic (exact) mass is 312 g/mol. The first-order valence-corrected chi connectivity index (χ1v) is 8.67. The van der Waals surface area contributed by atoms with Crippen molar-refractivity contribution in [2.24, 2.45) is 11.5 Å². The van der Waals surface area contributed by atoms with Crippen molar-refractivity contribution in [2.45, 2.75) is 63.8 Å². The Morgan fingerprint density at radius 1 is 0.955 bits per heavy atom. The van der Waals surface area contributed by atoms with Crippen molar-refractivity contribution < 1.29 is 9.59 Å². The highest BCUT2D eigenvalue weighted by Gasteiger charge is 2.27. The number of carbonyl (C=O) groups is 2. The zero-order valence-electron chi connectivity index (χ0n) is 13.7. The van der Waals surface area contributed by atoms with Crippen LogP contribution >= 0.6 is 0 Å². The van der Waals surface area contributed by atoms with Crippen LogP contribution in [0.25, 0.3) is 0 Å². The fourth-order valence-corrected chi connectivity index (χ4v) is 2.78. The van der Waals surface area contributed by atoms with Gasteiger partial charge in [-0.3, -0.25) is 9.59 Å². The van der Waals surface area contributed by atoms with Crippen molar-refractivity contribution in [2.75, 3.05) is 26.2 Å². The lowest BCUT2D eigenvalue weighted by atomic mass is 10.1. The quantitative estimate of drug-likeness (QED) is 0.490. The minimum Gasteiger partial charge on any atom is -0.344 e. The zero-order chi connectivity index (χ0) is 16.2. The van der Waals surface area contributed by atoms with Crippen LogP contribution in [0.5, 0.6) is 0 Å². The molecule has 1 rings (SSSR count). The smallest absolute Gasteiger partial charge is 0.245 e. The Kier molecular flexibility index (Phi) is 9.82. The normalized spacial score (nSPS) is 15.8. The number of rotatable bonds is 11. The first kappa shape index (κ1) is 18.9. The van der Waals surface area contributed by atoms with Crippen molar-refractivity contribution in [3.8, 4) is 0 Å². The minimum absolute atomic E-state index is 0.0256. The molecular weight excluding hydrogens is 280 g/mol. The molecule has 0 aliphatic carbocycles. The van der Waals surface area contributed by atoms with Gasteiger partial charge in [-0.25, -0.2) is 0 Å². The van der Waals surface area contributed by atoms with Crippen LogP contribution in [0.4, 0.5) is 0 Å². The molecule has 1 aliphatic heterocycles. The van der Waals surface area contributed by atoms with Crippen molar-refractivity contribution in [1.29, 1.82) is 0 Å². The van der Waals surface area contributed by atoms with E-state index in [1.807, 2.05) is 4.90 Å². The number of carbonyl (C=O) groups excluding carboxylic acids is 2. The van der Waals surface area contributed by atoms with E-state index in [1.165, 1.54) is 0 Å². The summed E-state index contributed by atoms with van der Waals surface area (Å²) < 4.78 is 0. The Morgan fingerprint density at radius 2 is 1.59 bits per heavy atom. The average Bonchev–Trinajstić information content (AvgIpc) is 3.04. The second kappa shape index (κ2) is 11.4. The summed E-state index contributed by atoms with van der Waals surface area (Å²) in [5.41, 5.74) is 11.0. The molecule has 0 spiro atoms. The molecule has 6 nitrogen and oxygen atoms in total. The molecule has 1 atom stereocenters. The fourth-order valence-electron chi connectivity index (χ4n) is 2.78. The Labute approximate surface area is 134 Å². The molecule has 22 heavy (non-hydrogen) atoms. The number of nitrogens with zero attached hydrogens (tertiary/aromatic N) is 1. The van der Waals surface area contributed by atoms with Crippen LogP contribution in [-0.2, 0) is 9.59 Å². The van der Waals surface area contributed by atoms with E-state index in [1.54, 1.807) is 0 Å². The predicted molar refractivity (Wildman–Crippen MR) is 88.2 cm³/mol. The third kappa shape index (κ3) is 7.22. The third-order valence-corrected chi connectivity index (χ3v) is 4.11. The largest absolute Gasteiger partial charge is 0.344 e. The Balaban J connectivity index is 2.42. The molecule has 0 aromatic heterocycles. The standard InChI is InChI=1S/C16H32N4O2/c17-10-4-1-2-9-15(21)19-14(8-3-5-11-18)16(22)20-12-6-7-13-20/h14H,1-13,17-18H2,(H,19,21)/t14-/m0/s1. The molecule has 0 radical (unpaired) electrons. The summed E-state index contributed by atoms with van der Waals surface area (Å²) in [6, 6.07) is -0.383. The maximum atomic E-state index is 12.5. The van der Waals surface area contributed by atoms with E-state index in [0.717, 1.165) is 58.0 Å². The second-order valence-corrected chi connectivity index (χ2v) is 6.04. The van der Waals surface area contributed by atoms with Crippen molar-refractivity contribution >= 4 is 11.8 Å². The fraction of sp³-hybridized carbons (Fsp3) is 0.875. The van der Waals surface area contributed by atoms with Gasteiger partial charge in [0, 0.05) is 19.5 Å². The molecular formula is C16H32N4O2. The summed E-state index contributed by atoms with van der Waals surface area (Å²) in [5.74, 6) is 0.0483. The van der Waals surface area contributed by atoms with Gasteiger partial charge in [-0.2, -0.15) is 0 Å². The SMILES string of the molecule is NCCCCCC(=O)N[C@@H](CCCCN)C(=O)N1CCCC1. The van der Waals surface area contributed by atoms with Crippen LogP contribution in [0, 0.1) is 0 Å². The van der Waals surface area contributed by atoms with E-state index < -0.39 is 0 Å². The molecule has 6 heteroatoms. The summed E-state index contributed by atoms with van der Waals surface area (Å²) in [6.07, 6.45) is 7.77. The van der Waals surface area contributed by atoms with Gasteiger partial charge in [0.25, 0.3) is 0 Å². The first-order valence-electron chi connectivity index (χ1n) is 8.67. The van der Waals surface area contributed by atoms with Gasteiger partial charge in [0.05, 0.1) is 0 Å². The lowest BCUT2D eigenvalue weighted by molar-refractivity contribution is -0.135. The molecule has 1 heterocycles. The number of likely N-dealkylation sites (tertiary alicyclic amines) is 1. The third-order valence-electron chi connectivity index (χ3n) is 4.11. The summed E-state index contributed by atoms with van der Waals surface area (Å²) in [4.78, 5) is 26.4. The molecule has 0 aromatic rings. The van der Waals surface area contributed by atoms with Crippen molar-refractivity contribution in [3.63, 3.8) is 0 Å². The van der Waals surface area contributed by atoms with Crippen molar-refractivity contribution in [3.05, 3.63) is 0 Å². The average molecular weight is 312 g/mol. The van der Waals surface area contributed by atoms with Gasteiger partial charge >= 0.3 is 0 Å². The maximum Gasteiger partial charge on any atom is 0.245 e. The zero-order valence-corrected chi connectivity index (χ0v) is 13.7. The van der Waals surface area contributed by atoms with Gasteiger partial charge in [0.1, 0.15) is 6.04 Å². The first-order chi connectivity index (χ1) is 10.7. The molecule has 1 aliphatic rings. The van der Waals surface area contributed by atoms with E-state index in [-0.39, 0.29) is 17.9 Å². The van der Waals surface area contributed by atoms with E-state index in [4.69, 9.17) is 11.5 Å². The van der Waals surface area contributed by atoms with E-state index in [9.17, 15) is 9.59 Å². The van der Waals surface area contributed by atoms with Gasteiger partial charge in [-0.1, -0.05) is 6.42 Å².